The van der Waals surface area contributed by atoms with Crippen molar-refractivity contribution < 1.29 is 13.2 Å². The Morgan fingerprint density at radius 1 is 1.44 bits per heavy atom. The molecule has 2 nitrogen and oxygen atoms in total. The van der Waals surface area contributed by atoms with E-state index in [1.54, 1.807) is 18.2 Å². The Kier molecular flexibility index (Phi) is 3.42. The second-order valence-corrected chi connectivity index (χ2v) is 4.95. The third-order valence-electron chi connectivity index (χ3n) is 2.65. The lowest BCUT2D eigenvalue weighted by Gasteiger charge is -2.16. The molecule has 0 aliphatic rings. The van der Waals surface area contributed by atoms with Gasteiger partial charge in [0.25, 0.3) is 0 Å². The Morgan fingerprint density at radius 2 is 2.11 bits per heavy atom. The summed E-state index contributed by atoms with van der Waals surface area (Å²) in [6.07, 6.45) is -5.16. The number of nitrogens with one attached hydrogen (secondary N) is 1. The fourth-order valence-electron chi connectivity index (χ4n) is 1.96. The molecule has 0 amide bonds. The van der Waals surface area contributed by atoms with Gasteiger partial charge >= 0.3 is 6.18 Å². The lowest BCUT2D eigenvalue weighted by molar-refractivity contribution is -0.141. The summed E-state index contributed by atoms with van der Waals surface area (Å²) >= 11 is 10.9. The van der Waals surface area contributed by atoms with Crippen molar-refractivity contribution >= 4 is 34.9 Å². The summed E-state index contributed by atoms with van der Waals surface area (Å²) in [7, 11) is 0. The van der Waals surface area contributed by atoms with Gasteiger partial charge in [-0.2, -0.15) is 13.2 Å². The Morgan fingerprint density at radius 3 is 2.72 bits per heavy atom. The highest BCUT2D eigenvalue weighted by molar-refractivity contribution is 7.71. The second-order valence-electron chi connectivity index (χ2n) is 4.13. The molecule has 0 aliphatic carbocycles. The molecule has 98 valence electrons. The quantitative estimate of drug-likeness (QED) is 0.784. The molecule has 0 bridgehead atoms. The van der Waals surface area contributed by atoms with E-state index >= 15 is 0 Å². The Balaban J connectivity index is 2.53. The number of aromatic amines is 1. The first-order chi connectivity index (χ1) is 8.28. The molecule has 2 rings (SSSR count). The molecule has 1 atom stereocenters. The molecule has 1 aromatic carbocycles. The van der Waals surface area contributed by atoms with E-state index < -0.39 is 18.6 Å². The van der Waals surface area contributed by atoms with Crippen molar-refractivity contribution in [1.29, 1.82) is 0 Å². The Labute approximate surface area is 111 Å². The maximum absolute atomic E-state index is 12.4. The van der Waals surface area contributed by atoms with Crippen molar-refractivity contribution in [2.75, 3.05) is 0 Å². The number of hydrogen-bond acceptors (Lipinski definition) is 1. The van der Waals surface area contributed by atoms with E-state index in [9.17, 15) is 13.2 Å². The number of nitrogens with zero attached hydrogens (tertiary/aromatic N) is 1. The van der Waals surface area contributed by atoms with Gasteiger partial charge in [0.1, 0.15) is 0 Å². The molecule has 0 saturated carbocycles. The molecular formula is C11H10ClF3N2S. The standard InChI is InChI=1S/C11H10ClF3N2S/c1-6(5-11(13,14)15)17-9-4-7(12)2-3-8(9)16-10(17)18/h2-4,6H,5H2,1H3,(H,16,18). The number of H-pyrrole nitrogens is 1. The smallest absolute Gasteiger partial charge is 0.331 e. The number of hydrogen-bond donors (Lipinski definition) is 1. The van der Waals surface area contributed by atoms with E-state index in [0.29, 0.717) is 16.1 Å². The van der Waals surface area contributed by atoms with Gasteiger partial charge in [-0.25, -0.2) is 0 Å². The SMILES string of the molecule is CC(CC(F)(F)F)n1c(=S)[nH]c2ccc(Cl)cc21. The molecule has 1 heterocycles. The fraction of sp³-hybridized carbons (Fsp3) is 0.364. The average molecular weight is 295 g/mol. The first kappa shape index (κ1) is 13.4. The molecule has 0 radical (unpaired) electrons. The van der Waals surface area contributed by atoms with Crippen molar-refractivity contribution in [1.82, 2.24) is 9.55 Å². The van der Waals surface area contributed by atoms with Gasteiger partial charge < -0.3 is 9.55 Å². The first-order valence-corrected chi connectivity index (χ1v) is 6.03. The van der Waals surface area contributed by atoms with Crippen molar-refractivity contribution in [2.24, 2.45) is 0 Å². The van der Waals surface area contributed by atoms with Crippen LogP contribution in [0.5, 0.6) is 0 Å². The molecular weight excluding hydrogens is 285 g/mol. The van der Waals surface area contributed by atoms with Gasteiger partial charge in [0.05, 0.1) is 17.5 Å². The molecule has 18 heavy (non-hydrogen) atoms. The topological polar surface area (TPSA) is 20.7 Å². The van der Waals surface area contributed by atoms with E-state index in [4.69, 9.17) is 23.8 Å². The van der Waals surface area contributed by atoms with Gasteiger partial charge in [0.2, 0.25) is 0 Å². The third kappa shape index (κ3) is 2.70. The van der Waals surface area contributed by atoms with Gasteiger partial charge in [-0.15, -0.1) is 0 Å². The summed E-state index contributed by atoms with van der Waals surface area (Å²) in [5.41, 5.74) is 1.27. The monoisotopic (exact) mass is 294 g/mol. The molecule has 1 N–H and O–H groups in total. The first-order valence-electron chi connectivity index (χ1n) is 5.24. The van der Waals surface area contributed by atoms with E-state index in [1.807, 2.05) is 0 Å². The van der Waals surface area contributed by atoms with E-state index in [-0.39, 0.29) is 4.77 Å². The maximum Gasteiger partial charge on any atom is 0.391 e. The van der Waals surface area contributed by atoms with Crippen LogP contribution in [-0.2, 0) is 0 Å². The van der Waals surface area contributed by atoms with Crippen LogP contribution in [0.3, 0.4) is 0 Å². The lowest BCUT2D eigenvalue weighted by atomic mass is 10.2. The minimum absolute atomic E-state index is 0.268. The van der Waals surface area contributed by atoms with E-state index in [1.165, 1.54) is 11.5 Å². The van der Waals surface area contributed by atoms with Crippen LogP contribution < -0.4 is 0 Å². The predicted octanol–water partition coefficient (Wildman–Crippen LogP) is 4.87. The molecule has 0 aliphatic heterocycles. The van der Waals surface area contributed by atoms with Crippen molar-refractivity contribution in [2.45, 2.75) is 25.6 Å². The van der Waals surface area contributed by atoms with Gasteiger partial charge in [0.15, 0.2) is 4.77 Å². The summed E-state index contributed by atoms with van der Waals surface area (Å²) in [5, 5.41) is 0.462. The number of alkyl halides is 3. The second kappa shape index (κ2) is 4.59. The van der Waals surface area contributed by atoms with Crippen LogP contribution in [0, 0.1) is 4.77 Å². The van der Waals surface area contributed by atoms with Gasteiger partial charge in [-0.3, -0.25) is 0 Å². The molecule has 1 aromatic heterocycles. The number of rotatable bonds is 2. The number of fused-ring (bicyclic) bond motifs is 1. The highest BCUT2D eigenvalue weighted by Gasteiger charge is 2.31. The highest BCUT2D eigenvalue weighted by atomic mass is 35.5. The van der Waals surface area contributed by atoms with Gasteiger partial charge in [-0.05, 0) is 37.3 Å². The molecule has 0 fully saturated rings. The Hall–Kier alpha value is -1.01. The van der Waals surface area contributed by atoms with Crippen LogP contribution in [-0.4, -0.2) is 15.7 Å². The number of benzene rings is 1. The van der Waals surface area contributed by atoms with Crippen LogP contribution >= 0.6 is 23.8 Å². The molecule has 7 heteroatoms. The van der Waals surface area contributed by atoms with Crippen LogP contribution in [0.25, 0.3) is 11.0 Å². The minimum Gasteiger partial charge on any atom is -0.331 e. The van der Waals surface area contributed by atoms with Crippen LogP contribution in [0.2, 0.25) is 5.02 Å². The zero-order valence-corrected chi connectivity index (χ0v) is 11.0. The average Bonchev–Trinajstić information content (AvgIpc) is 2.50. The maximum atomic E-state index is 12.4. The van der Waals surface area contributed by atoms with Crippen LogP contribution in [0.15, 0.2) is 18.2 Å². The van der Waals surface area contributed by atoms with Crippen LogP contribution in [0.1, 0.15) is 19.4 Å². The molecule has 2 aromatic rings. The van der Waals surface area contributed by atoms with Crippen LogP contribution in [0.4, 0.5) is 13.2 Å². The third-order valence-corrected chi connectivity index (χ3v) is 3.18. The molecule has 0 spiro atoms. The zero-order chi connectivity index (χ0) is 13.5. The normalized spacial score (nSPS) is 14.1. The number of aromatic nitrogens is 2. The summed E-state index contributed by atoms with van der Waals surface area (Å²) in [6, 6.07) is 4.19. The summed E-state index contributed by atoms with van der Waals surface area (Å²) in [6.45, 7) is 1.48. The van der Waals surface area contributed by atoms with Crippen molar-refractivity contribution in [3.05, 3.63) is 28.0 Å². The summed E-state index contributed by atoms with van der Waals surface area (Å²) in [5.74, 6) is 0. The van der Waals surface area contributed by atoms with Crippen molar-refractivity contribution in [3.8, 4) is 0 Å². The number of halogens is 4. The van der Waals surface area contributed by atoms with Crippen molar-refractivity contribution in [3.63, 3.8) is 0 Å². The lowest BCUT2D eigenvalue weighted by Crippen LogP contribution is -2.16. The molecule has 0 saturated heterocycles. The largest absolute Gasteiger partial charge is 0.391 e. The highest BCUT2D eigenvalue weighted by Crippen LogP contribution is 2.30. The predicted molar refractivity (Wildman–Crippen MR) is 67.5 cm³/mol. The molecule has 1 unspecified atom stereocenters. The van der Waals surface area contributed by atoms with E-state index in [0.717, 1.165) is 0 Å². The summed E-state index contributed by atoms with van der Waals surface area (Å²) < 4.78 is 39.0. The zero-order valence-electron chi connectivity index (χ0n) is 9.38. The Bertz CT molecular complexity index is 629. The van der Waals surface area contributed by atoms with E-state index in [2.05, 4.69) is 4.98 Å². The number of imidazole rings is 1. The minimum atomic E-state index is -4.23. The summed E-state index contributed by atoms with van der Waals surface area (Å²) in [4.78, 5) is 2.87. The van der Waals surface area contributed by atoms with Gasteiger partial charge in [-0.1, -0.05) is 11.6 Å². The fourth-order valence-corrected chi connectivity index (χ4v) is 2.51. The van der Waals surface area contributed by atoms with Gasteiger partial charge in [0, 0.05) is 11.1 Å².